The molecule has 0 saturated carbocycles. The molecule has 0 atom stereocenters. The molecule has 0 fully saturated rings. The fraction of sp³-hybridized carbons (Fsp3) is 0.441. The van der Waals surface area contributed by atoms with Crippen LogP contribution in [0.3, 0.4) is 0 Å². The molecule has 0 saturated heterocycles. The normalized spacial score (nSPS) is 19.3. The zero-order valence-corrected chi connectivity index (χ0v) is 27.7. The summed E-state index contributed by atoms with van der Waals surface area (Å²) in [5.74, 6) is -0.881. The highest BCUT2D eigenvalue weighted by atomic mass is 79.9. The Kier molecular flexibility index (Phi) is 8.70. The summed E-state index contributed by atoms with van der Waals surface area (Å²) in [5, 5.41) is 20.6. The van der Waals surface area contributed by atoms with E-state index in [1.807, 2.05) is 38.7 Å². The van der Waals surface area contributed by atoms with Gasteiger partial charge in [0.15, 0.2) is 23.1 Å². The second-order valence-corrected chi connectivity index (χ2v) is 14.4. The van der Waals surface area contributed by atoms with Crippen molar-refractivity contribution in [3.63, 3.8) is 0 Å². The number of carboxylic acids is 1. The molecule has 3 aliphatic rings. The largest absolute Gasteiger partial charge is 0.493 e. The molecule has 0 bridgehead atoms. The topological polar surface area (TPSA) is 136 Å². The van der Waals surface area contributed by atoms with E-state index in [-0.39, 0.29) is 47.7 Å². The van der Waals surface area contributed by atoms with Gasteiger partial charge in [-0.05, 0) is 75.0 Å². The summed E-state index contributed by atoms with van der Waals surface area (Å²) in [6.45, 7) is 8.45. The Labute approximate surface area is 270 Å². The van der Waals surface area contributed by atoms with Gasteiger partial charge in [0.05, 0.1) is 22.9 Å². The quantitative estimate of drug-likeness (QED) is 0.217. The smallest absolute Gasteiger partial charge is 0.305 e. The Morgan fingerprint density at radius 1 is 1.00 bits per heavy atom. The lowest BCUT2D eigenvalue weighted by Crippen LogP contribution is -2.45. The van der Waals surface area contributed by atoms with E-state index in [0.29, 0.717) is 58.4 Å². The van der Waals surface area contributed by atoms with Crippen LogP contribution in [-0.2, 0) is 21.0 Å². The Morgan fingerprint density at radius 2 is 1.56 bits per heavy atom. The van der Waals surface area contributed by atoms with Crippen LogP contribution in [0.1, 0.15) is 76.8 Å². The van der Waals surface area contributed by atoms with Crippen LogP contribution in [0, 0.1) is 20.9 Å². The highest BCUT2D eigenvalue weighted by Crippen LogP contribution is 2.55. The number of nitro benzene ring substituents is 1. The first-order chi connectivity index (χ1) is 21.1. The van der Waals surface area contributed by atoms with Crippen LogP contribution in [0.25, 0.3) is 0 Å². The molecule has 0 radical (unpaired) electrons. The molecular weight excluding hydrogens is 644 g/mol. The van der Waals surface area contributed by atoms with Crippen LogP contribution in [0.15, 0.2) is 63.4 Å². The highest BCUT2D eigenvalue weighted by Gasteiger charge is 2.49. The third-order valence-corrected chi connectivity index (χ3v) is 9.28. The molecule has 45 heavy (non-hydrogen) atoms. The molecule has 0 spiro atoms. The molecule has 1 N–H and O–H groups in total. The number of non-ortho nitro benzene ring substituents is 1. The molecule has 0 unspecified atom stereocenters. The minimum Gasteiger partial charge on any atom is -0.493 e. The number of benzene rings is 2. The molecule has 10 nitrogen and oxygen atoms in total. The number of ketones is 2. The van der Waals surface area contributed by atoms with Crippen LogP contribution in [0.5, 0.6) is 11.5 Å². The second kappa shape index (κ2) is 12.1. The van der Waals surface area contributed by atoms with Crippen molar-refractivity contribution in [2.45, 2.75) is 72.3 Å². The number of carbonyl (C=O) groups is 3. The van der Waals surface area contributed by atoms with Gasteiger partial charge < -0.3 is 19.5 Å². The number of hydrogen-bond acceptors (Lipinski definition) is 8. The van der Waals surface area contributed by atoms with E-state index in [2.05, 4.69) is 15.9 Å². The number of ether oxygens (including phenoxy) is 2. The van der Waals surface area contributed by atoms with Gasteiger partial charge in [0, 0.05) is 60.0 Å². The van der Waals surface area contributed by atoms with Crippen LogP contribution in [0.2, 0.25) is 0 Å². The number of Topliss-reactive ketones (excluding diaryl/α,β-unsaturated/α-hetero) is 2. The Morgan fingerprint density at radius 3 is 2.04 bits per heavy atom. The van der Waals surface area contributed by atoms with E-state index >= 15 is 0 Å². The van der Waals surface area contributed by atoms with Crippen molar-refractivity contribution in [3.05, 3.63) is 84.7 Å². The average Bonchev–Trinajstić information content (AvgIpc) is 2.93. The predicted molar refractivity (Wildman–Crippen MR) is 170 cm³/mol. The van der Waals surface area contributed by atoms with Gasteiger partial charge in [0.25, 0.3) is 5.69 Å². The Bertz CT molecular complexity index is 1600. The molecule has 2 aliphatic carbocycles. The summed E-state index contributed by atoms with van der Waals surface area (Å²) >= 11 is 3.63. The van der Waals surface area contributed by atoms with Crippen molar-refractivity contribution in [3.8, 4) is 11.5 Å². The number of carbonyl (C=O) groups excluding carboxylic acids is 2. The Hall–Kier alpha value is -3.99. The first kappa shape index (κ1) is 32.4. The van der Waals surface area contributed by atoms with Crippen molar-refractivity contribution in [2.24, 2.45) is 10.8 Å². The van der Waals surface area contributed by atoms with E-state index in [1.54, 1.807) is 18.2 Å². The summed E-state index contributed by atoms with van der Waals surface area (Å²) in [4.78, 5) is 52.2. The van der Waals surface area contributed by atoms with E-state index in [9.17, 15) is 29.6 Å². The first-order valence-electron chi connectivity index (χ1n) is 14.9. The van der Waals surface area contributed by atoms with Gasteiger partial charge in [-0.15, -0.1) is 0 Å². The van der Waals surface area contributed by atoms with Crippen molar-refractivity contribution < 1.29 is 33.9 Å². The van der Waals surface area contributed by atoms with Gasteiger partial charge in [-0.2, -0.15) is 0 Å². The minimum absolute atomic E-state index is 0.0143. The van der Waals surface area contributed by atoms with E-state index < -0.39 is 16.8 Å². The van der Waals surface area contributed by atoms with Crippen molar-refractivity contribution in [1.82, 2.24) is 4.90 Å². The number of nitrogens with zero attached hydrogens (tertiary/aromatic N) is 2. The molecule has 2 aromatic carbocycles. The average molecular weight is 682 g/mol. The number of rotatable bonds is 9. The second-order valence-electron chi connectivity index (χ2n) is 13.6. The molecular formula is C34H37BrN2O8. The number of carboxylic acid groups (broad SMARTS) is 1. The van der Waals surface area contributed by atoms with Gasteiger partial charge in [0.2, 0.25) is 0 Å². The first-order valence-corrected chi connectivity index (χ1v) is 15.7. The predicted octanol–water partition coefficient (Wildman–Crippen LogP) is 7.11. The number of halogens is 1. The lowest BCUT2D eigenvalue weighted by molar-refractivity contribution is -0.384. The molecule has 0 amide bonds. The van der Waals surface area contributed by atoms with E-state index in [1.165, 1.54) is 19.2 Å². The van der Waals surface area contributed by atoms with E-state index in [4.69, 9.17) is 9.47 Å². The number of allylic oxidation sites excluding steroid dienone is 4. The molecule has 5 rings (SSSR count). The number of nitro groups is 1. The van der Waals surface area contributed by atoms with Crippen LogP contribution < -0.4 is 9.47 Å². The molecule has 1 heterocycles. The third-order valence-electron chi connectivity index (χ3n) is 8.69. The molecule has 238 valence electrons. The highest BCUT2D eigenvalue weighted by molar-refractivity contribution is 9.10. The molecule has 11 heteroatoms. The maximum atomic E-state index is 14.0. The SMILES string of the molecule is COc1cc(C2C3=C(CC(C)(C)CC3=O)N(CCC(=O)O)C3=C2C(=O)CC(C)(C)C3)cc(Br)c1OCc1ccc([N+](=O)[O-])cc1. The van der Waals surface area contributed by atoms with Crippen LogP contribution in [-0.4, -0.2) is 46.1 Å². The maximum absolute atomic E-state index is 14.0. The maximum Gasteiger partial charge on any atom is 0.305 e. The summed E-state index contributed by atoms with van der Waals surface area (Å²) in [6, 6.07) is 9.72. The van der Waals surface area contributed by atoms with Crippen molar-refractivity contribution >= 4 is 39.2 Å². The molecule has 2 aromatic rings. The lowest BCUT2D eigenvalue weighted by atomic mass is 9.63. The van der Waals surface area contributed by atoms with E-state index in [0.717, 1.165) is 17.0 Å². The number of aliphatic carboxylic acids is 1. The number of hydrogen-bond donors (Lipinski definition) is 1. The molecule has 1 aliphatic heterocycles. The molecule has 0 aromatic heterocycles. The zero-order valence-electron chi connectivity index (χ0n) is 26.1. The summed E-state index contributed by atoms with van der Waals surface area (Å²) in [7, 11) is 1.51. The zero-order chi connectivity index (χ0) is 32.8. The van der Waals surface area contributed by atoms with Crippen molar-refractivity contribution in [2.75, 3.05) is 13.7 Å². The summed E-state index contributed by atoms with van der Waals surface area (Å²) in [6.07, 6.45) is 1.65. The van der Waals surface area contributed by atoms with Gasteiger partial charge >= 0.3 is 5.97 Å². The van der Waals surface area contributed by atoms with Gasteiger partial charge in [-0.25, -0.2) is 0 Å². The Balaban J connectivity index is 1.62. The van der Waals surface area contributed by atoms with Gasteiger partial charge in [-0.1, -0.05) is 27.7 Å². The summed E-state index contributed by atoms with van der Waals surface area (Å²) in [5.41, 5.74) is 3.41. The fourth-order valence-corrected chi connectivity index (χ4v) is 7.35. The third kappa shape index (κ3) is 6.54. The minimum atomic E-state index is -0.942. The van der Waals surface area contributed by atoms with Crippen molar-refractivity contribution in [1.29, 1.82) is 0 Å². The van der Waals surface area contributed by atoms with Crippen LogP contribution in [0.4, 0.5) is 5.69 Å². The standard InChI is InChI=1S/C34H37BrN2O8/c1-33(2)14-23-30(25(38)16-33)29(31-24(36(23)11-10-28(40)41)15-34(3,4)17-26(31)39)20-12-22(35)32(27(13-20)44-5)45-18-19-6-8-21(9-7-19)37(42)43/h6-9,12-13,29H,10-11,14-18H2,1-5H3,(H,40,41). The fourth-order valence-electron chi connectivity index (χ4n) is 6.77. The van der Waals surface area contributed by atoms with Gasteiger partial charge in [0.1, 0.15) is 6.61 Å². The summed E-state index contributed by atoms with van der Waals surface area (Å²) < 4.78 is 12.4. The lowest BCUT2D eigenvalue weighted by Gasteiger charge is -2.49. The van der Waals surface area contributed by atoms with Gasteiger partial charge in [-0.3, -0.25) is 24.5 Å². The monoisotopic (exact) mass is 680 g/mol. The van der Waals surface area contributed by atoms with Crippen LogP contribution >= 0.6 is 15.9 Å². The number of methoxy groups -OCH3 is 1.